The van der Waals surface area contributed by atoms with E-state index in [4.69, 9.17) is 0 Å². The van der Waals surface area contributed by atoms with Crippen molar-refractivity contribution in [2.75, 3.05) is 10.7 Å². The fraction of sp³-hybridized carbons (Fsp3) is 0.348. The van der Waals surface area contributed by atoms with Crippen molar-refractivity contribution in [2.24, 2.45) is 0 Å². The number of rotatable bonds is 4. The van der Waals surface area contributed by atoms with Gasteiger partial charge < -0.3 is 4.90 Å². The van der Waals surface area contributed by atoms with Gasteiger partial charge in [-0.25, -0.2) is 4.98 Å². The molecule has 1 aromatic heterocycles. The van der Waals surface area contributed by atoms with Crippen LogP contribution >= 0.6 is 11.8 Å². The van der Waals surface area contributed by atoms with E-state index in [0.717, 1.165) is 12.1 Å². The molecule has 1 N–H and O–H groups in total. The van der Waals surface area contributed by atoms with E-state index in [-0.39, 0.29) is 16.9 Å². The standard InChI is InChI=1S/C23H26N4OS/c1-16-8-7-9-17(12-16)23(4)14-22(2,3)27(19-11-6-5-10-18(19)23)20(28)13-29-21-24-15-25-26-21/h5-12,15H,13-14H2,1-4H3,(H,24,25,26). The summed E-state index contributed by atoms with van der Waals surface area (Å²) >= 11 is 1.38. The topological polar surface area (TPSA) is 61.9 Å². The number of carbonyl (C=O) groups excluding carboxylic acids is 1. The molecule has 29 heavy (non-hydrogen) atoms. The molecule has 6 heteroatoms. The zero-order valence-corrected chi connectivity index (χ0v) is 18.1. The van der Waals surface area contributed by atoms with E-state index >= 15 is 0 Å². The first-order valence-corrected chi connectivity index (χ1v) is 10.8. The molecule has 3 aromatic rings. The van der Waals surface area contributed by atoms with Crippen LogP contribution in [0.15, 0.2) is 60.0 Å². The van der Waals surface area contributed by atoms with Crippen molar-refractivity contribution in [3.05, 3.63) is 71.5 Å². The highest BCUT2D eigenvalue weighted by Gasteiger charge is 2.47. The molecule has 0 fully saturated rings. The highest BCUT2D eigenvalue weighted by Crippen LogP contribution is 2.50. The van der Waals surface area contributed by atoms with E-state index < -0.39 is 0 Å². The number of H-pyrrole nitrogens is 1. The third kappa shape index (κ3) is 3.57. The summed E-state index contributed by atoms with van der Waals surface area (Å²) in [7, 11) is 0. The molecule has 0 saturated heterocycles. The van der Waals surface area contributed by atoms with Crippen LogP contribution < -0.4 is 4.90 Å². The number of fused-ring (bicyclic) bond motifs is 1. The number of benzene rings is 2. The number of hydrogen-bond donors (Lipinski definition) is 1. The molecule has 5 nitrogen and oxygen atoms in total. The first-order chi connectivity index (χ1) is 13.8. The molecule has 0 spiro atoms. The van der Waals surface area contributed by atoms with Gasteiger partial charge in [-0.3, -0.25) is 9.89 Å². The van der Waals surface area contributed by atoms with Gasteiger partial charge in [0.1, 0.15) is 6.33 Å². The second-order valence-electron chi connectivity index (χ2n) is 8.52. The minimum absolute atomic E-state index is 0.0788. The number of para-hydroxylation sites is 1. The molecule has 4 rings (SSSR count). The molecule has 0 aliphatic carbocycles. The first kappa shape index (κ1) is 19.7. The molecule has 1 amide bonds. The average Bonchev–Trinajstić information content (AvgIpc) is 3.19. The summed E-state index contributed by atoms with van der Waals surface area (Å²) in [4.78, 5) is 19.4. The molecule has 0 bridgehead atoms. The summed E-state index contributed by atoms with van der Waals surface area (Å²) in [5, 5.41) is 7.32. The molecule has 2 aromatic carbocycles. The third-order valence-electron chi connectivity index (χ3n) is 5.76. The van der Waals surface area contributed by atoms with Gasteiger partial charge in [0.15, 0.2) is 5.16 Å². The fourth-order valence-electron chi connectivity index (χ4n) is 4.68. The van der Waals surface area contributed by atoms with Gasteiger partial charge in [0, 0.05) is 16.6 Å². The number of amides is 1. The van der Waals surface area contributed by atoms with Gasteiger partial charge in [0.05, 0.1) is 5.75 Å². The van der Waals surface area contributed by atoms with E-state index in [1.165, 1.54) is 34.8 Å². The van der Waals surface area contributed by atoms with E-state index in [0.29, 0.717) is 10.9 Å². The Morgan fingerprint density at radius 3 is 2.69 bits per heavy atom. The molecule has 1 atom stereocenters. The predicted octanol–water partition coefficient (Wildman–Crippen LogP) is 4.73. The number of nitrogens with one attached hydrogen (secondary N) is 1. The Bertz CT molecular complexity index is 1030. The number of hydrogen-bond acceptors (Lipinski definition) is 4. The van der Waals surface area contributed by atoms with Crippen LogP contribution in [0.25, 0.3) is 0 Å². The number of aromatic amines is 1. The number of carbonyl (C=O) groups is 1. The maximum absolute atomic E-state index is 13.3. The van der Waals surface area contributed by atoms with Crippen LogP contribution in [0, 0.1) is 6.92 Å². The van der Waals surface area contributed by atoms with Gasteiger partial charge in [0.2, 0.25) is 5.91 Å². The summed E-state index contributed by atoms with van der Waals surface area (Å²) in [6.45, 7) is 8.75. The number of nitrogens with zero attached hydrogens (tertiary/aromatic N) is 3. The van der Waals surface area contributed by atoms with Crippen molar-refractivity contribution in [1.29, 1.82) is 0 Å². The highest BCUT2D eigenvalue weighted by molar-refractivity contribution is 7.99. The van der Waals surface area contributed by atoms with Crippen molar-refractivity contribution < 1.29 is 4.79 Å². The van der Waals surface area contributed by atoms with E-state index in [1.807, 2.05) is 11.0 Å². The second kappa shape index (κ2) is 7.34. The molecular formula is C23H26N4OS. The third-order valence-corrected chi connectivity index (χ3v) is 6.62. The molecule has 0 saturated carbocycles. The number of aryl methyl sites for hydroxylation is 1. The van der Waals surface area contributed by atoms with E-state index in [9.17, 15) is 4.79 Å². The van der Waals surface area contributed by atoms with Crippen LogP contribution in [-0.2, 0) is 10.2 Å². The lowest BCUT2D eigenvalue weighted by Crippen LogP contribution is -2.56. The maximum atomic E-state index is 13.3. The lowest BCUT2D eigenvalue weighted by molar-refractivity contribution is -0.117. The van der Waals surface area contributed by atoms with Gasteiger partial charge >= 0.3 is 0 Å². The number of anilines is 1. The predicted molar refractivity (Wildman–Crippen MR) is 117 cm³/mol. The van der Waals surface area contributed by atoms with Gasteiger partial charge in [-0.15, -0.1) is 0 Å². The maximum Gasteiger partial charge on any atom is 0.237 e. The van der Waals surface area contributed by atoms with E-state index in [1.54, 1.807) is 0 Å². The molecule has 1 aliphatic rings. The summed E-state index contributed by atoms with van der Waals surface area (Å²) in [5.74, 6) is 0.392. The van der Waals surface area contributed by atoms with Gasteiger partial charge in [-0.2, -0.15) is 5.10 Å². The van der Waals surface area contributed by atoms with E-state index in [2.05, 4.69) is 85.3 Å². The molecule has 0 radical (unpaired) electrons. The lowest BCUT2D eigenvalue weighted by atomic mass is 9.65. The SMILES string of the molecule is Cc1cccc(C2(C)CC(C)(C)N(C(=O)CSc3ncn[nH]3)c3ccccc32)c1. The number of aromatic nitrogens is 3. The zero-order valence-electron chi connectivity index (χ0n) is 17.3. The quantitative estimate of drug-likeness (QED) is 0.637. The Labute approximate surface area is 175 Å². The highest BCUT2D eigenvalue weighted by atomic mass is 32.2. The van der Waals surface area contributed by atoms with Gasteiger partial charge in [-0.1, -0.05) is 66.7 Å². The lowest BCUT2D eigenvalue weighted by Gasteiger charge is -2.51. The summed E-state index contributed by atoms with van der Waals surface area (Å²) in [6, 6.07) is 17.0. The molecule has 150 valence electrons. The van der Waals surface area contributed by atoms with Crippen molar-refractivity contribution >= 4 is 23.4 Å². The van der Waals surface area contributed by atoms with Crippen LogP contribution in [0.1, 0.15) is 43.9 Å². The Balaban J connectivity index is 1.75. The Morgan fingerprint density at radius 1 is 1.17 bits per heavy atom. The summed E-state index contributed by atoms with van der Waals surface area (Å²) in [5.41, 5.74) is 4.24. The zero-order chi connectivity index (χ0) is 20.6. The van der Waals surface area contributed by atoms with Crippen LogP contribution in [-0.4, -0.2) is 32.4 Å². The van der Waals surface area contributed by atoms with Crippen molar-refractivity contribution in [1.82, 2.24) is 15.2 Å². The normalized spacial score (nSPS) is 20.3. The number of thioether (sulfide) groups is 1. The van der Waals surface area contributed by atoms with Crippen molar-refractivity contribution in [3.63, 3.8) is 0 Å². The minimum Gasteiger partial charge on any atom is -0.306 e. The van der Waals surface area contributed by atoms with Crippen molar-refractivity contribution in [3.8, 4) is 0 Å². The largest absolute Gasteiger partial charge is 0.306 e. The molecule has 1 aliphatic heterocycles. The van der Waals surface area contributed by atoms with Crippen LogP contribution in [0.5, 0.6) is 0 Å². The smallest absolute Gasteiger partial charge is 0.237 e. The fourth-order valence-corrected chi connectivity index (χ4v) is 5.31. The molecule has 1 unspecified atom stereocenters. The van der Waals surface area contributed by atoms with Gasteiger partial charge in [-0.05, 0) is 44.4 Å². The first-order valence-electron chi connectivity index (χ1n) is 9.79. The van der Waals surface area contributed by atoms with Crippen molar-refractivity contribution in [2.45, 2.75) is 50.2 Å². The second-order valence-corrected chi connectivity index (χ2v) is 9.48. The minimum atomic E-state index is -0.327. The monoisotopic (exact) mass is 406 g/mol. The van der Waals surface area contributed by atoms with Crippen LogP contribution in [0.3, 0.4) is 0 Å². The summed E-state index contributed by atoms with van der Waals surface area (Å²) < 4.78 is 0. The van der Waals surface area contributed by atoms with Crippen LogP contribution in [0.2, 0.25) is 0 Å². The Hall–Kier alpha value is -2.60. The molecular weight excluding hydrogens is 380 g/mol. The molecule has 2 heterocycles. The average molecular weight is 407 g/mol. The Kier molecular flexibility index (Phi) is 4.99. The summed E-state index contributed by atoms with van der Waals surface area (Å²) in [6.07, 6.45) is 2.30. The Morgan fingerprint density at radius 2 is 1.97 bits per heavy atom. The van der Waals surface area contributed by atoms with Gasteiger partial charge in [0.25, 0.3) is 0 Å². The van der Waals surface area contributed by atoms with Crippen LogP contribution in [0.4, 0.5) is 5.69 Å².